The van der Waals surface area contributed by atoms with Crippen LogP contribution in [0, 0.1) is 11.7 Å². The monoisotopic (exact) mass is 364 g/mol. The van der Waals surface area contributed by atoms with Crippen molar-refractivity contribution < 1.29 is 9.50 Å². The van der Waals surface area contributed by atoms with Gasteiger partial charge in [-0.3, -0.25) is 0 Å². The average Bonchev–Trinajstić information content (AvgIpc) is 3.44. The standard InChI is InChI=1S/C23H25FN2O/c24-19-9-7-16(8-10-19)15-1-5-18(6-2-15)23(27)22-20(17-3-4-17)11-12-26-14-25-13-21(22)26/h7-15,17-18,23,27H,1-6H2/t15-,18-,23-/m0/s1. The molecular weight excluding hydrogens is 339 g/mol. The smallest absolute Gasteiger partial charge is 0.123 e. The zero-order chi connectivity index (χ0) is 18.4. The fourth-order valence-corrected chi connectivity index (χ4v) is 4.84. The summed E-state index contributed by atoms with van der Waals surface area (Å²) in [5.74, 6) is 1.18. The summed E-state index contributed by atoms with van der Waals surface area (Å²) in [6.07, 6.45) is 11.9. The van der Waals surface area contributed by atoms with Crippen LogP contribution in [-0.2, 0) is 0 Å². The van der Waals surface area contributed by atoms with Gasteiger partial charge in [0, 0.05) is 11.8 Å². The van der Waals surface area contributed by atoms with Gasteiger partial charge in [-0.1, -0.05) is 12.1 Å². The first-order valence-electron chi connectivity index (χ1n) is 10.1. The fourth-order valence-electron chi connectivity index (χ4n) is 4.84. The Morgan fingerprint density at radius 2 is 1.67 bits per heavy atom. The molecule has 2 aromatic heterocycles. The Labute approximate surface area is 158 Å². The molecule has 2 aliphatic rings. The maximum Gasteiger partial charge on any atom is 0.123 e. The van der Waals surface area contributed by atoms with Crippen LogP contribution < -0.4 is 0 Å². The number of fused-ring (bicyclic) bond motifs is 1. The molecule has 1 atom stereocenters. The summed E-state index contributed by atoms with van der Waals surface area (Å²) < 4.78 is 15.2. The lowest BCUT2D eigenvalue weighted by atomic mass is 9.75. The van der Waals surface area contributed by atoms with Crippen molar-refractivity contribution in [2.45, 2.75) is 56.5 Å². The number of aliphatic hydroxyl groups is 1. The summed E-state index contributed by atoms with van der Waals surface area (Å²) in [6.45, 7) is 0. The van der Waals surface area contributed by atoms with E-state index in [1.165, 1.54) is 24.0 Å². The minimum absolute atomic E-state index is 0.177. The number of hydrogen-bond acceptors (Lipinski definition) is 2. The van der Waals surface area contributed by atoms with Crippen LogP contribution >= 0.6 is 0 Å². The average molecular weight is 364 g/mol. The second-order valence-corrected chi connectivity index (χ2v) is 8.25. The molecule has 3 nitrogen and oxygen atoms in total. The van der Waals surface area contributed by atoms with E-state index in [-0.39, 0.29) is 11.7 Å². The van der Waals surface area contributed by atoms with Gasteiger partial charge in [-0.15, -0.1) is 0 Å². The normalized spacial score (nSPS) is 24.2. The van der Waals surface area contributed by atoms with Crippen molar-refractivity contribution in [2.75, 3.05) is 0 Å². The van der Waals surface area contributed by atoms with E-state index in [9.17, 15) is 9.50 Å². The molecule has 1 aromatic carbocycles. The van der Waals surface area contributed by atoms with E-state index < -0.39 is 6.10 Å². The lowest BCUT2D eigenvalue weighted by Gasteiger charge is -2.33. The summed E-state index contributed by atoms with van der Waals surface area (Å²) in [4.78, 5) is 4.29. The highest BCUT2D eigenvalue weighted by molar-refractivity contribution is 5.59. The first-order chi connectivity index (χ1) is 13.2. The van der Waals surface area contributed by atoms with Crippen molar-refractivity contribution in [3.63, 3.8) is 0 Å². The van der Waals surface area contributed by atoms with Gasteiger partial charge in [-0.05, 0) is 85.6 Å². The van der Waals surface area contributed by atoms with Gasteiger partial charge in [-0.2, -0.15) is 0 Å². The number of halogens is 1. The van der Waals surface area contributed by atoms with E-state index in [1.807, 2.05) is 29.1 Å². The molecule has 0 aliphatic heterocycles. The lowest BCUT2D eigenvalue weighted by Crippen LogP contribution is -2.21. The van der Waals surface area contributed by atoms with Crippen LogP contribution in [0.2, 0.25) is 0 Å². The Hall–Kier alpha value is -2.20. The van der Waals surface area contributed by atoms with Crippen LogP contribution in [-0.4, -0.2) is 14.5 Å². The van der Waals surface area contributed by atoms with Crippen molar-refractivity contribution in [1.82, 2.24) is 9.38 Å². The van der Waals surface area contributed by atoms with Crippen molar-refractivity contribution in [3.8, 4) is 0 Å². The quantitative estimate of drug-likeness (QED) is 0.677. The zero-order valence-electron chi connectivity index (χ0n) is 15.4. The molecule has 5 rings (SSSR count). The van der Waals surface area contributed by atoms with Gasteiger partial charge in [0.25, 0.3) is 0 Å². The molecule has 0 amide bonds. The minimum atomic E-state index is -0.435. The molecule has 2 heterocycles. The molecule has 140 valence electrons. The number of nitrogens with zero attached hydrogens (tertiary/aromatic N) is 2. The largest absolute Gasteiger partial charge is 0.388 e. The molecule has 1 N–H and O–H groups in total. The molecule has 0 spiro atoms. The Morgan fingerprint density at radius 3 is 2.37 bits per heavy atom. The summed E-state index contributed by atoms with van der Waals surface area (Å²) >= 11 is 0. The highest BCUT2D eigenvalue weighted by atomic mass is 19.1. The summed E-state index contributed by atoms with van der Waals surface area (Å²) in [7, 11) is 0. The molecule has 27 heavy (non-hydrogen) atoms. The summed E-state index contributed by atoms with van der Waals surface area (Å²) in [6, 6.07) is 9.11. The number of rotatable bonds is 4. The third-order valence-electron chi connectivity index (χ3n) is 6.54. The maximum atomic E-state index is 13.2. The molecule has 4 heteroatoms. The van der Waals surface area contributed by atoms with Gasteiger partial charge in [0.05, 0.1) is 24.1 Å². The van der Waals surface area contributed by atoms with Crippen LogP contribution in [0.4, 0.5) is 4.39 Å². The topological polar surface area (TPSA) is 37.5 Å². The second kappa shape index (κ2) is 6.75. The Kier molecular flexibility index (Phi) is 4.24. The lowest BCUT2D eigenvalue weighted by molar-refractivity contribution is 0.0810. The fraction of sp³-hybridized carbons (Fsp3) is 0.435. The SMILES string of the molecule is O[C@H](c1c(C2CC2)ccn2cncc12)[C@H]1CC[C@H](c2ccc(F)cc2)CC1. The van der Waals surface area contributed by atoms with E-state index in [0.29, 0.717) is 11.8 Å². The number of benzene rings is 1. The molecular formula is C23H25FN2O. The highest BCUT2D eigenvalue weighted by Crippen LogP contribution is 2.47. The Balaban J connectivity index is 1.37. The van der Waals surface area contributed by atoms with E-state index in [2.05, 4.69) is 17.2 Å². The van der Waals surface area contributed by atoms with Crippen LogP contribution in [0.25, 0.3) is 5.52 Å². The van der Waals surface area contributed by atoms with Crippen molar-refractivity contribution >= 4 is 5.52 Å². The van der Waals surface area contributed by atoms with Gasteiger partial charge < -0.3 is 9.51 Å². The van der Waals surface area contributed by atoms with Crippen LogP contribution in [0.5, 0.6) is 0 Å². The Bertz CT molecular complexity index is 937. The number of aliphatic hydroxyl groups excluding tert-OH is 1. The van der Waals surface area contributed by atoms with Gasteiger partial charge in [0.15, 0.2) is 0 Å². The number of hydrogen-bond donors (Lipinski definition) is 1. The minimum Gasteiger partial charge on any atom is -0.388 e. The first-order valence-corrected chi connectivity index (χ1v) is 10.1. The van der Waals surface area contributed by atoms with Crippen molar-refractivity contribution in [3.05, 3.63) is 71.6 Å². The molecule has 2 saturated carbocycles. The number of pyridine rings is 1. The number of imidazole rings is 1. The van der Waals surface area contributed by atoms with Crippen molar-refractivity contribution in [2.24, 2.45) is 5.92 Å². The third-order valence-corrected chi connectivity index (χ3v) is 6.54. The van der Waals surface area contributed by atoms with E-state index in [1.54, 1.807) is 12.1 Å². The Morgan fingerprint density at radius 1 is 0.963 bits per heavy atom. The first kappa shape index (κ1) is 16.9. The molecule has 0 bridgehead atoms. The van der Waals surface area contributed by atoms with Crippen LogP contribution in [0.1, 0.15) is 73.2 Å². The van der Waals surface area contributed by atoms with Crippen molar-refractivity contribution in [1.29, 1.82) is 0 Å². The predicted molar refractivity (Wildman–Crippen MR) is 103 cm³/mol. The number of aromatic nitrogens is 2. The zero-order valence-corrected chi connectivity index (χ0v) is 15.4. The summed E-state index contributed by atoms with van der Waals surface area (Å²) in [5.41, 5.74) is 4.69. The molecule has 0 radical (unpaired) electrons. The molecule has 3 aromatic rings. The molecule has 2 aliphatic carbocycles. The van der Waals surface area contributed by atoms with Gasteiger partial charge >= 0.3 is 0 Å². The maximum absolute atomic E-state index is 13.2. The van der Waals surface area contributed by atoms with Crippen LogP contribution in [0.15, 0.2) is 49.1 Å². The van der Waals surface area contributed by atoms with E-state index in [4.69, 9.17) is 0 Å². The molecule has 0 unspecified atom stereocenters. The molecule has 0 saturated heterocycles. The second-order valence-electron chi connectivity index (χ2n) is 8.25. The van der Waals surface area contributed by atoms with Gasteiger partial charge in [0.1, 0.15) is 5.82 Å². The van der Waals surface area contributed by atoms with E-state index in [0.717, 1.165) is 36.8 Å². The van der Waals surface area contributed by atoms with E-state index >= 15 is 0 Å². The highest BCUT2D eigenvalue weighted by Gasteiger charge is 2.34. The predicted octanol–water partition coefficient (Wildman–Crippen LogP) is 5.36. The van der Waals surface area contributed by atoms with Gasteiger partial charge in [-0.25, -0.2) is 9.37 Å². The van der Waals surface area contributed by atoms with Crippen LogP contribution in [0.3, 0.4) is 0 Å². The summed E-state index contributed by atoms with van der Waals surface area (Å²) in [5, 5.41) is 11.3. The van der Waals surface area contributed by atoms with Gasteiger partial charge in [0.2, 0.25) is 0 Å². The third kappa shape index (κ3) is 3.16. The molecule has 2 fully saturated rings.